The molecular formula is C15H14FNO. The molecule has 3 heteroatoms. The summed E-state index contributed by atoms with van der Waals surface area (Å²) in [4.78, 5) is 0. The second kappa shape index (κ2) is 4.33. The van der Waals surface area contributed by atoms with Gasteiger partial charge in [-0.15, -0.1) is 0 Å². The summed E-state index contributed by atoms with van der Waals surface area (Å²) < 4.78 is 18.9. The van der Waals surface area contributed by atoms with Crippen LogP contribution in [-0.2, 0) is 6.42 Å². The molecule has 0 aliphatic carbocycles. The highest BCUT2D eigenvalue weighted by molar-refractivity contribution is 5.58. The summed E-state index contributed by atoms with van der Waals surface area (Å²) >= 11 is 0. The third kappa shape index (κ3) is 1.82. The number of methoxy groups -OCH3 is 1. The molecule has 1 atom stereocenters. The molecule has 3 rings (SSSR count). The Kier molecular flexibility index (Phi) is 2.67. The lowest BCUT2D eigenvalue weighted by atomic mass is 10.0. The largest absolute Gasteiger partial charge is 0.497 e. The first kappa shape index (κ1) is 11.1. The number of benzene rings is 2. The van der Waals surface area contributed by atoms with Gasteiger partial charge in [-0.3, -0.25) is 0 Å². The fourth-order valence-corrected chi connectivity index (χ4v) is 2.40. The van der Waals surface area contributed by atoms with Crippen LogP contribution in [0.1, 0.15) is 17.2 Å². The van der Waals surface area contributed by atoms with Gasteiger partial charge in [-0.1, -0.05) is 18.2 Å². The van der Waals surface area contributed by atoms with E-state index in [0.717, 1.165) is 22.6 Å². The number of hydrogen-bond donors (Lipinski definition) is 1. The molecule has 1 N–H and O–H groups in total. The third-order valence-electron chi connectivity index (χ3n) is 3.35. The Morgan fingerprint density at radius 1 is 1.22 bits per heavy atom. The molecule has 0 saturated carbocycles. The lowest BCUT2D eigenvalue weighted by molar-refractivity contribution is 0.414. The van der Waals surface area contributed by atoms with E-state index in [4.69, 9.17) is 4.74 Å². The highest BCUT2D eigenvalue weighted by Gasteiger charge is 2.24. The van der Waals surface area contributed by atoms with E-state index in [0.29, 0.717) is 6.42 Å². The molecule has 1 unspecified atom stereocenters. The first-order chi connectivity index (χ1) is 8.78. The third-order valence-corrected chi connectivity index (χ3v) is 3.35. The smallest absolute Gasteiger partial charge is 0.128 e. The summed E-state index contributed by atoms with van der Waals surface area (Å²) in [5.41, 5.74) is 2.78. The molecule has 2 aromatic rings. The van der Waals surface area contributed by atoms with Gasteiger partial charge in [0.05, 0.1) is 13.2 Å². The molecule has 0 radical (unpaired) electrons. The van der Waals surface area contributed by atoms with Crippen molar-refractivity contribution in [3.63, 3.8) is 0 Å². The minimum atomic E-state index is -0.134. The fraction of sp³-hybridized carbons (Fsp3) is 0.200. The monoisotopic (exact) mass is 243 g/mol. The summed E-state index contributed by atoms with van der Waals surface area (Å²) in [6.45, 7) is 0. The Morgan fingerprint density at radius 2 is 2.06 bits per heavy atom. The zero-order valence-electron chi connectivity index (χ0n) is 10.1. The average Bonchev–Trinajstić information content (AvgIpc) is 2.84. The van der Waals surface area contributed by atoms with E-state index in [1.54, 1.807) is 13.2 Å². The molecule has 0 amide bonds. The molecule has 1 aliphatic rings. The minimum Gasteiger partial charge on any atom is -0.497 e. The maximum Gasteiger partial charge on any atom is 0.128 e. The van der Waals surface area contributed by atoms with E-state index in [1.165, 1.54) is 6.07 Å². The van der Waals surface area contributed by atoms with Crippen LogP contribution < -0.4 is 10.1 Å². The first-order valence-corrected chi connectivity index (χ1v) is 5.96. The molecule has 1 aliphatic heterocycles. The van der Waals surface area contributed by atoms with E-state index in [-0.39, 0.29) is 11.9 Å². The SMILES string of the molecule is COc1cccc(C2Cc3c(F)cccc3N2)c1. The lowest BCUT2D eigenvalue weighted by Gasteiger charge is -2.12. The molecule has 1 heterocycles. The Morgan fingerprint density at radius 3 is 2.83 bits per heavy atom. The molecule has 18 heavy (non-hydrogen) atoms. The molecule has 0 saturated heterocycles. The zero-order valence-corrected chi connectivity index (χ0v) is 10.1. The molecular weight excluding hydrogens is 229 g/mol. The predicted octanol–water partition coefficient (Wildman–Crippen LogP) is 3.54. The summed E-state index contributed by atoms with van der Waals surface area (Å²) in [6.07, 6.45) is 0.676. The van der Waals surface area contributed by atoms with Crippen LogP contribution in [0.25, 0.3) is 0 Å². The quantitative estimate of drug-likeness (QED) is 0.871. The highest BCUT2D eigenvalue weighted by Crippen LogP contribution is 2.36. The van der Waals surface area contributed by atoms with Gasteiger partial charge in [-0.05, 0) is 29.8 Å². The number of nitrogens with one attached hydrogen (secondary N) is 1. The number of hydrogen-bond acceptors (Lipinski definition) is 2. The second-order valence-corrected chi connectivity index (χ2v) is 4.44. The van der Waals surface area contributed by atoms with E-state index in [2.05, 4.69) is 5.32 Å². The van der Waals surface area contributed by atoms with Gasteiger partial charge in [-0.25, -0.2) is 4.39 Å². The lowest BCUT2D eigenvalue weighted by Crippen LogP contribution is -2.05. The summed E-state index contributed by atoms with van der Waals surface area (Å²) in [7, 11) is 1.65. The number of fused-ring (bicyclic) bond motifs is 1. The van der Waals surface area contributed by atoms with E-state index in [1.807, 2.05) is 30.3 Å². The molecule has 0 bridgehead atoms. The van der Waals surface area contributed by atoms with Crippen molar-refractivity contribution in [3.05, 3.63) is 59.4 Å². The van der Waals surface area contributed by atoms with Crippen LogP contribution in [0.3, 0.4) is 0 Å². The van der Waals surface area contributed by atoms with Gasteiger partial charge in [0.1, 0.15) is 11.6 Å². The number of rotatable bonds is 2. The van der Waals surface area contributed by atoms with Gasteiger partial charge in [0.15, 0.2) is 0 Å². The van der Waals surface area contributed by atoms with Crippen molar-refractivity contribution < 1.29 is 9.13 Å². The van der Waals surface area contributed by atoms with E-state index >= 15 is 0 Å². The first-order valence-electron chi connectivity index (χ1n) is 5.96. The van der Waals surface area contributed by atoms with Crippen molar-refractivity contribution in [3.8, 4) is 5.75 Å². The van der Waals surface area contributed by atoms with Crippen molar-refractivity contribution in [1.82, 2.24) is 0 Å². The number of anilines is 1. The van der Waals surface area contributed by atoms with Gasteiger partial charge in [-0.2, -0.15) is 0 Å². The second-order valence-electron chi connectivity index (χ2n) is 4.44. The molecule has 92 valence electrons. The maximum absolute atomic E-state index is 13.7. The molecule has 2 nitrogen and oxygen atoms in total. The van der Waals surface area contributed by atoms with Crippen LogP contribution in [-0.4, -0.2) is 7.11 Å². The Hall–Kier alpha value is -2.03. The fourth-order valence-electron chi connectivity index (χ4n) is 2.40. The van der Waals surface area contributed by atoms with Crippen molar-refractivity contribution in [2.45, 2.75) is 12.5 Å². The molecule has 0 aromatic heterocycles. The van der Waals surface area contributed by atoms with E-state index in [9.17, 15) is 4.39 Å². The van der Waals surface area contributed by atoms with Crippen LogP contribution >= 0.6 is 0 Å². The van der Waals surface area contributed by atoms with E-state index < -0.39 is 0 Å². The maximum atomic E-state index is 13.7. The normalized spacial score (nSPS) is 17.1. The predicted molar refractivity (Wildman–Crippen MR) is 69.5 cm³/mol. The standard InChI is InChI=1S/C15H14FNO/c1-18-11-5-2-4-10(8-11)15-9-12-13(16)6-3-7-14(12)17-15/h2-8,15,17H,9H2,1H3. The zero-order chi connectivity index (χ0) is 12.5. The Balaban J connectivity index is 1.91. The molecule has 2 aromatic carbocycles. The highest BCUT2D eigenvalue weighted by atomic mass is 19.1. The summed E-state index contributed by atoms with van der Waals surface area (Å²) in [5, 5.41) is 3.35. The summed E-state index contributed by atoms with van der Waals surface area (Å²) in [5.74, 6) is 0.691. The average molecular weight is 243 g/mol. The topological polar surface area (TPSA) is 21.3 Å². The van der Waals surface area contributed by atoms with Gasteiger partial charge >= 0.3 is 0 Å². The van der Waals surface area contributed by atoms with Crippen LogP contribution in [0.15, 0.2) is 42.5 Å². The van der Waals surface area contributed by atoms with Crippen LogP contribution in [0.4, 0.5) is 10.1 Å². The van der Waals surface area contributed by atoms with Gasteiger partial charge in [0.25, 0.3) is 0 Å². The Labute approximate surface area is 105 Å². The van der Waals surface area contributed by atoms with Crippen molar-refractivity contribution in [1.29, 1.82) is 0 Å². The number of halogens is 1. The van der Waals surface area contributed by atoms with Crippen LogP contribution in [0, 0.1) is 5.82 Å². The van der Waals surface area contributed by atoms with Crippen LogP contribution in [0.5, 0.6) is 5.75 Å². The van der Waals surface area contributed by atoms with Gasteiger partial charge < -0.3 is 10.1 Å². The number of ether oxygens (including phenoxy) is 1. The van der Waals surface area contributed by atoms with Crippen molar-refractivity contribution in [2.24, 2.45) is 0 Å². The van der Waals surface area contributed by atoms with Crippen LogP contribution in [0.2, 0.25) is 0 Å². The molecule has 0 spiro atoms. The van der Waals surface area contributed by atoms with Gasteiger partial charge in [0, 0.05) is 17.7 Å². The molecule has 0 fully saturated rings. The Bertz CT molecular complexity index is 582. The summed E-state index contributed by atoms with van der Waals surface area (Å²) in [6, 6.07) is 13.2. The van der Waals surface area contributed by atoms with Crippen molar-refractivity contribution in [2.75, 3.05) is 12.4 Å². The van der Waals surface area contributed by atoms with Crippen molar-refractivity contribution >= 4 is 5.69 Å². The minimum absolute atomic E-state index is 0.118. The van der Waals surface area contributed by atoms with Gasteiger partial charge in [0.2, 0.25) is 0 Å².